The van der Waals surface area contributed by atoms with Crippen LogP contribution in [0.4, 0.5) is 0 Å². The molecule has 23 heavy (non-hydrogen) atoms. The van der Waals surface area contributed by atoms with E-state index in [4.69, 9.17) is 10.5 Å². The molecule has 0 aliphatic heterocycles. The van der Waals surface area contributed by atoms with Crippen LogP contribution in [0.5, 0.6) is 0 Å². The standard InChI is InChI=1S/C17H24N4O2/c1-11(2)8-16-15(10-18)19-20-21(16)14-7-5-6-13(9-14)17(22)23-12(3)4/h5-7,9,11-12H,8,10,18H2,1-4H3. The molecule has 1 heterocycles. The SMILES string of the molecule is CC(C)Cc1c(CN)nnn1-c1cccc(C(=O)OC(C)C)c1. The molecule has 0 atom stereocenters. The van der Waals surface area contributed by atoms with E-state index in [9.17, 15) is 4.79 Å². The van der Waals surface area contributed by atoms with Gasteiger partial charge in [0.2, 0.25) is 0 Å². The Morgan fingerprint density at radius 1 is 1.30 bits per heavy atom. The van der Waals surface area contributed by atoms with Crippen LogP contribution >= 0.6 is 0 Å². The number of ether oxygens (including phenoxy) is 1. The topological polar surface area (TPSA) is 83.0 Å². The number of hydrogen-bond acceptors (Lipinski definition) is 5. The summed E-state index contributed by atoms with van der Waals surface area (Å²) in [6, 6.07) is 7.21. The van der Waals surface area contributed by atoms with E-state index in [-0.39, 0.29) is 12.1 Å². The minimum Gasteiger partial charge on any atom is -0.459 e. The van der Waals surface area contributed by atoms with E-state index in [1.54, 1.807) is 16.8 Å². The van der Waals surface area contributed by atoms with Crippen molar-refractivity contribution in [1.29, 1.82) is 0 Å². The lowest BCUT2D eigenvalue weighted by atomic mass is 10.1. The zero-order valence-electron chi connectivity index (χ0n) is 14.1. The molecule has 1 aromatic carbocycles. The summed E-state index contributed by atoms with van der Waals surface area (Å²) in [5, 5.41) is 8.36. The smallest absolute Gasteiger partial charge is 0.338 e. The number of nitrogens with two attached hydrogens (primary N) is 1. The number of hydrogen-bond donors (Lipinski definition) is 1. The molecule has 6 nitrogen and oxygen atoms in total. The van der Waals surface area contributed by atoms with Crippen molar-refractivity contribution in [2.45, 2.75) is 46.8 Å². The van der Waals surface area contributed by atoms with Crippen LogP contribution in [0.15, 0.2) is 24.3 Å². The monoisotopic (exact) mass is 316 g/mol. The highest BCUT2D eigenvalue weighted by atomic mass is 16.5. The average Bonchev–Trinajstić information content (AvgIpc) is 2.88. The van der Waals surface area contributed by atoms with Crippen molar-refractivity contribution in [3.8, 4) is 5.69 Å². The number of carbonyl (C=O) groups is 1. The highest BCUT2D eigenvalue weighted by Gasteiger charge is 2.16. The number of carbonyl (C=O) groups excluding carboxylic acids is 1. The Labute approximate surface area is 136 Å². The Balaban J connectivity index is 2.39. The van der Waals surface area contributed by atoms with Gasteiger partial charge in [0.15, 0.2) is 0 Å². The van der Waals surface area contributed by atoms with Crippen molar-refractivity contribution < 1.29 is 9.53 Å². The molecule has 2 N–H and O–H groups in total. The van der Waals surface area contributed by atoms with Crippen LogP contribution < -0.4 is 5.73 Å². The maximum atomic E-state index is 12.1. The number of esters is 1. The van der Waals surface area contributed by atoms with E-state index in [2.05, 4.69) is 24.2 Å². The number of nitrogens with zero attached hydrogens (tertiary/aromatic N) is 3. The lowest BCUT2D eigenvalue weighted by Crippen LogP contribution is -2.13. The van der Waals surface area contributed by atoms with Gasteiger partial charge in [-0.25, -0.2) is 9.48 Å². The third kappa shape index (κ3) is 4.16. The average molecular weight is 316 g/mol. The molecule has 0 saturated heterocycles. The fraction of sp³-hybridized carbons (Fsp3) is 0.471. The summed E-state index contributed by atoms with van der Waals surface area (Å²) in [6.45, 7) is 8.26. The predicted molar refractivity (Wildman–Crippen MR) is 88.3 cm³/mol. The molecule has 1 aromatic heterocycles. The molecule has 0 unspecified atom stereocenters. The quantitative estimate of drug-likeness (QED) is 0.828. The first-order chi connectivity index (χ1) is 10.9. The first-order valence-electron chi connectivity index (χ1n) is 7.87. The third-order valence-corrected chi connectivity index (χ3v) is 3.31. The lowest BCUT2D eigenvalue weighted by molar-refractivity contribution is 0.0378. The predicted octanol–water partition coefficient (Wildman–Crippen LogP) is 2.49. The molecular weight excluding hydrogens is 292 g/mol. The molecule has 0 fully saturated rings. The summed E-state index contributed by atoms with van der Waals surface area (Å²) in [5.41, 5.74) is 8.81. The molecule has 2 rings (SSSR count). The van der Waals surface area contributed by atoms with Gasteiger partial charge in [-0.05, 0) is 44.4 Å². The Kier molecular flexibility index (Phi) is 5.50. The van der Waals surface area contributed by atoms with Crippen molar-refractivity contribution in [2.75, 3.05) is 0 Å². The zero-order chi connectivity index (χ0) is 17.0. The highest BCUT2D eigenvalue weighted by Crippen LogP contribution is 2.18. The molecular formula is C17H24N4O2. The Bertz CT molecular complexity index is 677. The summed E-state index contributed by atoms with van der Waals surface area (Å²) in [7, 11) is 0. The summed E-state index contributed by atoms with van der Waals surface area (Å²) < 4.78 is 7.00. The maximum Gasteiger partial charge on any atom is 0.338 e. The van der Waals surface area contributed by atoms with Gasteiger partial charge < -0.3 is 10.5 Å². The molecule has 0 saturated carbocycles. The maximum absolute atomic E-state index is 12.1. The Hall–Kier alpha value is -2.21. The van der Waals surface area contributed by atoms with Crippen molar-refractivity contribution in [3.63, 3.8) is 0 Å². The van der Waals surface area contributed by atoms with E-state index in [0.29, 0.717) is 18.0 Å². The van der Waals surface area contributed by atoms with Gasteiger partial charge >= 0.3 is 5.97 Å². The van der Waals surface area contributed by atoms with Crippen LogP contribution in [0.1, 0.15) is 49.4 Å². The largest absolute Gasteiger partial charge is 0.459 e. The Morgan fingerprint density at radius 3 is 2.65 bits per heavy atom. The minimum atomic E-state index is -0.341. The van der Waals surface area contributed by atoms with Crippen LogP contribution in [0.25, 0.3) is 5.69 Å². The first-order valence-corrected chi connectivity index (χ1v) is 7.87. The van der Waals surface area contributed by atoms with Crippen molar-refractivity contribution >= 4 is 5.97 Å². The van der Waals surface area contributed by atoms with E-state index in [1.165, 1.54) is 0 Å². The van der Waals surface area contributed by atoms with Gasteiger partial charge in [-0.15, -0.1) is 5.10 Å². The van der Waals surface area contributed by atoms with Gasteiger partial charge in [0.1, 0.15) is 0 Å². The Morgan fingerprint density at radius 2 is 2.04 bits per heavy atom. The normalized spacial score (nSPS) is 11.3. The fourth-order valence-corrected chi connectivity index (χ4v) is 2.34. The van der Waals surface area contributed by atoms with Crippen LogP contribution in [0.2, 0.25) is 0 Å². The van der Waals surface area contributed by atoms with E-state index in [0.717, 1.165) is 23.5 Å². The number of benzene rings is 1. The summed E-state index contributed by atoms with van der Waals surface area (Å²) in [4.78, 5) is 12.1. The second-order valence-electron chi connectivity index (χ2n) is 6.20. The molecule has 0 spiro atoms. The molecule has 0 aliphatic rings. The number of rotatable bonds is 6. The van der Waals surface area contributed by atoms with Crippen LogP contribution in [-0.4, -0.2) is 27.1 Å². The summed E-state index contributed by atoms with van der Waals surface area (Å²) in [6.07, 6.45) is 0.665. The van der Waals surface area contributed by atoms with Gasteiger partial charge in [0.05, 0.1) is 28.7 Å². The minimum absolute atomic E-state index is 0.155. The van der Waals surface area contributed by atoms with Crippen LogP contribution in [0.3, 0.4) is 0 Å². The summed E-state index contributed by atoms with van der Waals surface area (Å²) in [5.74, 6) is 0.109. The lowest BCUT2D eigenvalue weighted by Gasteiger charge is -2.12. The second kappa shape index (κ2) is 7.37. The van der Waals surface area contributed by atoms with Crippen molar-refractivity contribution in [3.05, 3.63) is 41.2 Å². The molecule has 0 bridgehead atoms. The van der Waals surface area contributed by atoms with E-state index < -0.39 is 0 Å². The van der Waals surface area contributed by atoms with Gasteiger partial charge in [0.25, 0.3) is 0 Å². The van der Waals surface area contributed by atoms with Crippen LogP contribution in [0, 0.1) is 5.92 Å². The van der Waals surface area contributed by atoms with Crippen LogP contribution in [-0.2, 0) is 17.7 Å². The van der Waals surface area contributed by atoms with Gasteiger partial charge in [0, 0.05) is 6.54 Å². The summed E-state index contributed by atoms with van der Waals surface area (Å²) >= 11 is 0. The van der Waals surface area contributed by atoms with Gasteiger partial charge in [-0.3, -0.25) is 0 Å². The molecule has 6 heteroatoms. The molecule has 0 aliphatic carbocycles. The number of aromatic nitrogens is 3. The van der Waals surface area contributed by atoms with Gasteiger partial charge in [-0.2, -0.15) is 0 Å². The molecule has 0 radical (unpaired) electrons. The zero-order valence-corrected chi connectivity index (χ0v) is 14.1. The van der Waals surface area contributed by atoms with Gasteiger partial charge in [-0.1, -0.05) is 25.1 Å². The van der Waals surface area contributed by atoms with E-state index in [1.807, 2.05) is 26.0 Å². The van der Waals surface area contributed by atoms with E-state index >= 15 is 0 Å². The first kappa shape index (κ1) is 17.1. The highest BCUT2D eigenvalue weighted by molar-refractivity contribution is 5.90. The molecule has 0 amide bonds. The molecule has 124 valence electrons. The van der Waals surface area contributed by atoms with Crippen molar-refractivity contribution in [1.82, 2.24) is 15.0 Å². The molecule has 2 aromatic rings. The van der Waals surface area contributed by atoms with Crippen molar-refractivity contribution in [2.24, 2.45) is 11.7 Å². The fourth-order valence-electron chi connectivity index (χ4n) is 2.34. The third-order valence-electron chi connectivity index (χ3n) is 3.31. The second-order valence-corrected chi connectivity index (χ2v) is 6.20.